The number of nitrogens with zero attached hydrogens (tertiary/aromatic N) is 6. The molecule has 9 aromatic carbocycles. The van der Waals surface area contributed by atoms with Crippen molar-refractivity contribution in [2.45, 2.75) is 0 Å². The minimum absolute atomic E-state index is 0.544. The van der Waals surface area contributed by atoms with Crippen LogP contribution in [0.2, 0.25) is 0 Å². The van der Waals surface area contributed by atoms with Crippen molar-refractivity contribution in [3.05, 3.63) is 218 Å². The molecule has 0 aliphatic rings. The van der Waals surface area contributed by atoms with E-state index in [1.54, 1.807) is 0 Å². The molecule has 294 valence electrons. The Morgan fingerprint density at radius 3 is 1.16 bits per heavy atom. The Kier molecular flexibility index (Phi) is 7.80. The quantitative estimate of drug-likeness (QED) is 0.168. The van der Waals surface area contributed by atoms with Gasteiger partial charge >= 0.3 is 0 Å². The molecule has 0 fully saturated rings. The summed E-state index contributed by atoms with van der Waals surface area (Å²) in [5.41, 5.74) is 12.5. The molecular weight excluding hydrogens is 769 g/mol. The van der Waals surface area contributed by atoms with Crippen LogP contribution in [0.15, 0.2) is 218 Å². The summed E-state index contributed by atoms with van der Waals surface area (Å²) in [6.07, 6.45) is 0. The molecule has 6 heteroatoms. The van der Waals surface area contributed by atoms with Gasteiger partial charge in [0.2, 0.25) is 5.95 Å². The Labute approximate surface area is 362 Å². The standard InChI is InChI=1S/C57H36N6/c1-3-18-37(19-4-1)39-34-35-51-45(36-39)44-26-11-16-31-50(44)63(51)57-59-55(38-20-5-2-6-21-38)58-56(60-57)54-52(61-46-27-12-7-22-40(46)41-23-8-13-28-47(41)61)32-17-33-53(54)62-48-29-14-9-24-42(48)43-25-10-15-30-49(43)62/h1-36H. The molecule has 0 aliphatic heterocycles. The lowest BCUT2D eigenvalue weighted by Crippen LogP contribution is -2.10. The van der Waals surface area contributed by atoms with Crippen molar-refractivity contribution in [2.24, 2.45) is 0 Å². The third-order valence-electron chi connectivity index (χ3n) is 12.5. The highest BCUT2D eigenvalue weighted by molar-refractivity contribution is 6.12. The van der Waals surface area contributed by atoms with Crippen molar-refractivity contribution in [2.75, 3.05) is 0 Å². The van der Waals surface area contributed by atoms with E-state index >= 15 is 0 Å². The van der Waals surface area contributed by atoms with Crippen LogP contribution < -0.4 is 0 Å². The van der Waals surface area contributed by atoms with E-state index < -0.39 is 0 Å². The Morgan fingerprint density at radius 1 is 0.254 bits per heavy atom. The summed E-state index contributed by atoms with van der Waals surface area (Å²) < 4.78 is 6.98. The van der Waals surface area contributed by atoms with Crippen molar-refractivity contribution in [3.8, 4) is 51.2 Å². The maximum absolute atomic E-state index is 5.63. The molecule has 0 N–H and O–H groups in total. The molecule has 0 radical (unpaired) electrons. The second-order valence-electron chi connectivity index (χ2n) is 16.0. The van der Waals surface area contributed by atoms with E-state index in [4.69, 9.17) is 15.0 Å². The van der Waals surface area contributed by atoms with Gasteiger partial charge in [-0.3, -0.25) is 4.57 Å². The van der Waals surface area contributed by atoms with E-state index in [0.717, 1.165) is 71.9 Å². The van der Waals surface area contributed by atoms with Crippen LogP contribution in [0.4, 0.5) is 0 Å². The van der Waals surface area contributed by atoms with Crippen molar-refractivity contribution in [3.63, 3.8) is 0 Å². The van der Waals surface area contributed by atoms with Crippen LogP contribution in [-0.4, -0.2) is 28.7 Å². The Balaban J connectivity index is 1.17. The molecule has 63 heavy (non-hydrogen) atoms. The molecule has 4 heterocycles. The largest absolute Gasteiger partial charge is 0.308 e. The molecule has 0 amide bonds. The Bertz CT molecular complexity index is 3670. The van der Waals surface area contributed by atoms with Crippen molar-refractivity contribution in [1.29, 1.82) is 0 Å². The Morgan fingerprint density at radius 2 is 0.651 bits per heavy atom. The molecule has 0 spiro atoms. The van der Waals surface area contributed by atoms with Crippen LogP contribution in [0.25, 0.3) is 117 Å². The monoisotopic (exact) mass is 804 g/mol. The fourth-order valence-electron chi connectivity index (χ4n) is 9.79. The zero-order chi connectivity index (χ0) is 41.4. The number of aromatic nitrogens is 6. The van der Waals surface area contributed by atoms with Gasteiger partial charge in [0.1, 0.15) is 0 Å². The van der Waals surface area contributed by atoms with Gasteiger partial charge in [0.25, 0.3) is 0 Å². The van der Waals surface area contributed by atoms with E-state index in [9.17, 15) is 0 Å². The molecule has 4 aromatic heterocycles. The van der Waals surface area contributed by atoms with Gasteiger partial charge in [-0.25, -0.2) is 4.98 Å². The van der Waals surface area contributed by atoms with Gasteiger partial charge < -0.3 is 9.13 Å². The molecule has 0 saturated carbocycles. The molecule has 0 saturated heterocycles. The predicted molar refractivity (Wildman–Crippen MR) is 259 cm³/mol. The first-order valence-corrected chi connectivity index (χ1v) is 21.3. The van der Waals surface area contributed by atoms with Gasteiger partial charge in [-0.1, -0.05) is 164 Å². The van der Waals surface area contributed by atoms with Gasteiger partial charge in [0.15, 0.2) is 11.6 Å². The number of rotatable bonds is 6. The van der Waals surface area contributed by atoms with Gasteiger partial charge in [-0.05, 0) is 65.7 Å². The number of hydrogen-bond donors (Lipinski definition) is 0. The third-order valence-corrected chi connectivity index (χ3v) is 12.5. The highest BCUT2D eigenvalue weighted by Crippen LogP contribution is 2.42. The van der Waals surface area contributed by atoms with Gasteiger partial charge in [-0.2, -0.15) is 9.97 Å². The molecule has 13 rings (SSSR count). The van der Waals surface area contributed by atoms with Gasteiger partial charge in [0, 0.05) is 37.9 Å². The van der Waals surface area contributed by atoms with Crippen LogP contribution in [-0.2, 0) is 0 Å². The number of fused-ring (bicyclic) bond motifs is 9. The maximum Gasteiger partial charge on any atom is 0.238 e. The fourth-order valence-corrected chi connectivity index (χ4v) is 9.79. The SMILES string of the molecule is c1ccc(-c2ccc3c(c2)c2ccccc2n3-c2nc(-c3ccccc3)nc(-c3c(-n4c5ccccc5c5ccccc54)cccc3-n3c4ccccc4c4ccccc43)n2)cc1. The summed E-state index contributed by atoms with van der Waals surface area (Å²) in [4.78, 5) is 16.5. The smallest absolute Gasteiger partial charge is 0.238 e. The number of para-hydroxylation sites is 5. The summed E-state index contributed by atoms with van der Waals surface area (Å²) >= 11 is 0. The second kappa shape index (κ2) is 14.0. The van der Waals surface area contributed by atoms with E-state index in [2.05, 4.69) is 214 Å². The zero-order valence-electron chi connectivity index (χ0n) is 34.0. The first kappa shape index (κ1) is 35.2. The molecular formula is C57H36N6. The van der Waals surface area contributed by atoms with Crippen LogP contribution >= 0.6 is 0 Å². The van der Waals surface area contributed by atoms with E-state index in [-0.39, 0.29) is 0 Å². The summed E-state index contributed by atoms with van der Waals surface area (Å²) in [5, 5.41) is 6.99. The lowest BCUT2D eigenvalue weighted by atomic mass is 10.0. The average Bonchev–Trinajstić information content (AvgIpc) is 4.00. The van der Waals surface area contributed by atoms with E-state index in [0.29, 0.717) is 17.6 Å². The molecule has 0 unspecified atom stereocenters. The fraction of sp³-hybridized carbons (Fsp3) is 0. The van der Waals surface area contributed by atoms with Crippen molar-refractivity contribution < 1.29 is 0 Å². The lowest BCUT2D eigenvalue weighted by molar-refractivity contribution is 0.949. The van der Waals surface area contributed by atoms with Crippen molar-refractivity contribution in [1.82, 2.24) is 28.7 Å². The molecule has 0 bridgehead atoms. The van der Waals surface area contributed by atoms with Gasteiger partial charge in [0.05, 0.1) is 50.0 Å². The molecule has 0 aliphatic carbocycles. The third kappa shape index (κ3) is 5.41. The lowest BCUT2D eigenvalue weighted by Gasteiger charge is -2.20. The van der Waals surface area contributed by atoms with Crippen LogP contribution in [0.1, 0.15) is 0 Å². The highest BCUT2D eigenvalue weighted by atomic mass is 15.2. The Hall–Kier alpha value is -8.61. The van der Waals surface area contributed by atoms with Crippen LogP contribution in [0.5, 0.6) is 0 Å². The summed E-state index contributed by atoms with van der Waals surface area (Å²) in [6, 6.07) is 77.3. The van der Waals surface area contributed by atoms with E-state index in [1.807, 2.05) is 18.2 Å². The maximum atomic E-state index is 5.63. The summed E-state index contributed by atoms with van der Waals surface area (Å²) in [7, 11) is 0. The number of hydrogen-bond acceptors (Lipinski definition) is 3. The van der Waals surface area contributed by atoms with Crippen LogP contribution in [0.3, 0.4) is 0 Å². The first-order chi connectivity index (χ1) is 31.3. The molecule has 13 aromatic rings. The zero-order valence-corrected chi connectivity index (χ0v) is 34.0. The normalized spacial score (nSPS) is 11.8. The minimum atomic E-state index is 0.544. The van der Waals surface area contributed by atoms with Gasteiger partial charge in [-0.15, -0.1) is 0 Å². The highest BCUT2D eigenvalue weighted by Gasteiger charge is 2.26. The summed E-state index contributed by atoms with van der Waals surface area (Å²) in [5.74, 6) is 1.70. The first-order valence-electron chi connectivity index (χ1n) is 21.3. The second-order valence-corrected chi connectivity index (χ2v) is 16.0. The number of benzene rings is 9. The van der Waals surface area contributed by atoms with E-state index in [1.165, 1.54) is 27.1 Å². The van der Waals surface area contributed by atoms with Crippen molar-refractivity contribution >= 4 is 65.4 Å². The minimum Gasteiger partial charge on any atom is -0.308 e. The van der Waals surface area contributed by atoms with Crippen LogP contribution in [0, 0.1) is 0 Å². The summed E-state index contributed by atoms with van der Waals surface area (Å²) in [6.45, 7) is 0. The topological polar surface area (TPSA) is 53.5 Å². The average molecular weight is 805 g/mol. The molecule has 6 nitrogen and oxygen atoms in total. The predicted octanol–water partition coefficient (Wildman–Crippen LogP) is 14.2. The molecule has 0 atom stereocenters.